The first-order valence-corrected chi connectivity index (χ1v) is 9.13. The molecule has 2 fully saturated rings. The van der Waals surface area contributed by atoms with Crippen LogP contribution in [0.15, 0.2) is 17.6 Å². The lowest BCUT2D eigenvalue weighted by atomic mass is 10.0. The average Bonchev–Trinajstić information content (AvgIpc) is 2.85. The van der Waals surface area contributed by atoms with Crippen molar-refractivity contribution in [1.82, 2.24) is 18.8 Å². The van der Waals surface area contributed by atoms with Crippen molar-refractivity contribution < 1.29 is 13.2 Å². The normalized spacial score (nSPS) is 27.5. The highest BCUT2D eigenvalue weighted by Gasteiger charge is 2.42. The van der Waals surface area contributed by atoms with Crippen LogP contribution in [0.4, 0.5) is 0 Å². The molecule has 0 radical (unpaired) electrons. The molecule has 8 heteroatoms. The fourth-order valence-corrected chi connectivity index (χ4v) is 4.74. The van der Waals surface area contributed by atoms with E-state index in [9.17, 15) is 8.42 Å². The Hall–Kier alpha value is -0.960. The van der Waals surface area contributed by atoms with Gasteiger partial charge in [-0.25, -0.2) is 13.4 Å². The molecule has 2 aliphatic heterocycles. The van der Waals surface area contributed by atoms with Gasteiger partial charge in [0.25, 0.3) is 10.0 Å². The molecule has 0 N–H and O–H groups in total. The Morgan fingerprint density at radius 1 is 1.32 bits per heavy atom. The van der Waals surface area contributed by atoms with Crippen LogP contribution >= 0.6 is 0 Å². The molecule has 0 aliphatic carbocycles. The Morgan fingerprint density at radius 3 is 2.45 bits per heavy atom. The third kappa shape index (κ3) is 2.92. The molecular formula is C14H24N4O3S. The van der Waals surface area contributed by atoms with E-state index in [4.69, 9.17) is 4.74 Å². The minimum absolute atomic E-state index is 0.131. The maximum Gasteiger partial charge on any atom is 0.262 e. The van der Waals surface area contributed by atoms with E-state index < -0.39 is 10.0 Å². The van der Waals surface area contributed by atoms with Crippen molar-refractivity contribution in [2.24, 2.45) is 13.0 Å². The van der Waals surface area contributed by atoms with Crippen molar-refractivity contribution in [1.29, 1.82) is 0 Å². The summed E-state index contributed by atoms with van der Waals surface area (Å²) in [6.07, 6.45) is 3.08. The molecule has 1 aromatic heterocycles. The van der Waals surface area contributed by atoms with Crippen LogP contribution < -0.4 is 0 Å². The zero-order chi connectivity index (χ0) is 15.9. The molecule has 2 bridgehead atoms. The highest BCUT2D eigenvalue weighted by Crippen LogP contribution is 2.26. The lowest BCUT2D eigenvalue weighted by Crippen LogP contribution is -2.65. The quantitative estimate of drug-likeness (QED) is 0.787. The molecule has 2 unspecified atom stereocenters. The molecule has 22 heavy (non-hydrogen) atoms. The van der Waals surface area contributed by atoms with E-state index in [1.165, 1.54) is 6.33 Å². The Labute approximate surface area is 131 Å². The topological polar surface area (TPSA) is 67.7 Å². The number of morpholine rings is 1. The number of hydrogen-bond donors (Lipinski definition) is 0. The Bertz CT molecular complexity index is 614. The number of nitrogens with zero attached hydrogens (tertiary/aromatic N) is 4. The fraction of sp³-hybridized carbons (Fsp3) is 0.786. The van der Waals surface area contributed by atoms with Crippen LogP contribution in [0.2, 0.25) is 0 Å². The predicted molar refractivity (Wildman–Crippen MR) is 81.9 cm³/mol. The van der Waals surface area contributed by atoms with E-state index in [0.29, 0.717) is 32.2 Å². The van der Waals surface area contributed by atoms with E-state index in [1.54, 1.807) is 22.1 Å². The minimum atomic E-state index is -3.52. The zero-order valence-electron chi connectivity index (χ0n) is 13.3. The smallest absolute Gasteiger partial charge is 0.262 e. The molecule has 124 valence electrons. The van der Waals surface area contributed by atoms with Crippen LogP contribution in [0, 0.1) is 5.92 Å². The van der Waals surface area contributed by atoms with Gasteiger partial charge in [0.15, 0.2) is 5.03 Å². The van der Waals surface area contributed by atoms with Gasteiger partial charge >= 0.3 is 0 Å². The van der Waals surface area contributed by atoms with Crippen molar-refractivity contribution in [2.45, 2.75) is 31.0 Å². The lowest BCUT2D eigenvalue weighted by Gasteiger charge is -2.49. The highest BCUT2D eigenvalue weighted by atomic mass is 32.2. The number of sulfonamides is 1. The average molecular weight is 328 g/mol. The minimum Gasteiger partial charge on any atom is -0.378 e. The molecule has 2 atom stereocenters. The van der Waals surface area contributed by atoms with Gasteiger partial charge in [-0.05, 0) is 5.92 Å². The highest BCUT2D eigenvalue weighted by molar-refractivity contribution is 7.89. The van der Waals surface area contributed by atoms with Gasteiger partial charge < -0.3 is 9.30 Å². The summed E-state index contributed by atoms with van der Waals surface area (Å²) in [6, 6.07) is 0.266. The number of fused-ring (bicyclic) bond motifs is 2. The van der Waals surface area contributed by atoms with E-state index in [2.05, 4.69) is 23.7 Å². The number of aryl methyl sites for hydroxylation is 1. The van der Waals surface area contributed by atoms with Crippen molar-refractivity contribution in [3.05, 3.63) is 12.5 Å². The number of hydrogen-bond acceptors (Lipinski definition) is 5. The summed E-state index contributed by atoms with van der Waals surface area (Å²) in [5, 5.41) is 0.131. The van der Waals surface area contributed by atoms with Crippen molar-refractivity contribution in [3.8, 4) is 0 Å². The largest absolute Gasteiger partial charge is 0.378 e. The van der Waals surface area contributed by atoms with E-state index in [1.807, 2.05) is 0 Å². The number of aromatic nitrogens is 2. The summed E-state index contributed by atoms with van der Waals surface area (Å²) in [7, 11) is -1.74. The summed E-state index contributed by atoms with van der Waals surface area (Å²) >= 11 is 0. The fourth-order valence-electron chi connectivity index (χ4n) is 3.26. The lowest BCUT2D eigenvalue weighted by molar-refractivity contribution is -0.0856. The van der Waals surface area contributed by atoms with Gasteiger partial charge in [0.2, 0.25) is 0 Å². The van der Waals surface area contributed by atoms with Gasteiger partial charge in [-0.15, -0.1) is 0 Å². The van der Waals surface area contributed by atoms with E-state index >= 15 is 0 Å². The van der Waals surface area contributed by atoms with Crippen LogP contribution in [0.1, 0.15) is 13.8 Å². The summed E-state index contributed by atoms with van der Waals surface area (Å²) in [4.78, 5) is 6.43. The van der Waals surface area contributed by atoms with Gasteiger partial charge in [-0.2, -0.15) is 4.31 Å². The molecule has 7 nitrogen and oxygen atoms in total. The SMILES string of the molecule is CC(C)CN1C2COCC1CN(S(=O)(=O)c1cn(C)cn1)C2. The van der Waals surface area contributed by atoms with E-state index in [-0.39, 0.29) is 17.1 Å². The third-order valence-electron chi connectivity index (χ3n) is 4.25. The number of ether oxygens (including phenoxy) is 1. The van der Waals surface area contributed by atoms with Gasteiger partial charge in [-0.1, -0.05) is 13.8 Å². The van der Waals surface area contributed by atoms with Crippen LogP contribution in [0.3, 0.4) is 0 Å². The number of imidazole rings is 1. The molecule has 3 heterocycles. The molecule has 1 aromatic rings. The Balaban J connectivity index is 1.81. The van der Waals surface area contributed by atoms with Crippen LogP contribution in [-0.4, -0.2) is 72.1 Å². The van der Waals surface area contributed by atoms with E-state index in [0.717, 1.165) is 6.54 Å². The summed E-state index contributed by atoms with van der Waals surface area (Å²) in [6.45, 7) is 7.50. The zero-order valence-corrected chi connectivity index (χ0v) is 14.2. The Morgan fingerprint density at radius 2 is 1.95 bits per heavy atom. The first-order chi connectivity index (χ1) is 10.4. The number of rotatable bonds is 4. The summed E-state index contributed by atoms with van der Waals surface area (Å²) in [5.41, 5.74) is 0. The monoisotopic (exact) mass is 328 g/mol. The third-order valence-corrected chi connectivity index (χ3v) is 5.97. The van der Waals surface area contributed by atoms with Gasteiger partial charge in [0.1, 0.15) is 0 Å². The van der Waals surface area contributed by atoms with Crippen molar-refractivity contribution in [2.75, 3.05) is 32.8 Å². The standard InChI is InChI=1S/C14H24N4O3S/c1-11(2)4-18-12-5-17(6-13(18)9-21-8-12)22(19,20)14-7-16(3)10-15-14/h7,10-13H,4-6,8-9H2,1-3H3. The Kier molecular flexibility index (Phi) is 4.28. The molecule has 0 saturated carbocycles. The summed E-state index contributed by atoms with van der Waals surface area (Å²) in [5.74, 6) is 0.557. The van der Waals surface area contributed by atoms with Crippen LogP contribution in [0.25, 0.3) is 0 Å². The molecule has 0 aromatic carbocycles. The van der Waals surface area contributed by atoms with Crippen molar-refractivity contribution in [3.63, 3.8) is 0 Å². The van der Waals surface area contributed by atoms with Gasteiger partial charge in [0.05, 0.1) is 19.5 Å². The molecule has 2 aliphatic rings. The second kappa shape index (κ2) is 5.92. The van der Waals surface area contributed by atoms with Crippen molar-refractivity contribution >= 4 is 10.0 Å². The van der Waals surface area contributed by atoms with Gasteiger partial charge in [-0.3, -0.25) is 4.90 Å². The van der Waals surface area contributed by atoms with Crippen LogP contribution in [0.5, 0.6) is 0 Å². The molecule has 2 saturated heterocycles. The molecule has 0 amide bonds. The first kappa shape index (κ1) is 15.9. The molecule has 0 spiro atoms. The second-order valence-electron chi connectivity index (χ2n) is 6.64. The molecular weight excluding hydrogens is 304 g/mol. The maximum atomic E-state index is 12.8. The predicted octanol–water partition coefficient (Wildman–Crippen LogP) is 0.150. The van der Waals surface area contributed by atoms with Gasteiger partial charge in [0, 0.05) is 45.0 Å². The summed E-state index contributed by atoms with van der Waals surface area (Å²) < 4.78 is 34.4. The molecule has 3 rings (SSSR count). The number of piperazine rings is 1. The first-order valence-electron chi connectivity index (χ1n) is 7.69. The van der Waals surface area contributed by atoms with Crippen LogP contribution in [-0.2, 0) is 21.8 Å². The maximum absolute atomic E-state index is 12.8. The second-order valence-corrected chi connectivity index (χ2v) is 8.52.